The van der Waals surface area contributed by atoms with Crippen LogP contribution in [0.3, 0.4) is 0 Å². The van der Waals surface area contributed by atoms with Crippen molar-refractivity contribution in [3.63, 3.8) is 0 Å². The zero-order chi connectivity index (χ0) is 14.6. The number of hydrogen-bond acceptors (Lipinski definition) is 3. The molecule has 0 saturated carbocycles. The third-order valence-electron chi connectivity index (χ3n) is 4.81. The molecule has 0 aromatic carbocycles. The van der Waals surface area contributed by atoms with Crippen LogP contribution in [0, 0.1) is 0 Å². The molecule has 116 valence electrons. The largest absolute Gasteiger partial charge is 0.341 e. The highest BCUT2D eigenvalue weighted by Gasteiger charge is 2.34. The molecular weight excluding hydrogens is 250 g/mol. The van der Waals surface area contributed by atoms with Gasteiger partial charge in [0.1, 0.15) is 0 Å². The van der Waals surface area contributed by atoms with Crippen LogP contribution >= 0.6 is 0 Å². The summed E-state index contributed by atoms with van der Waals surface area (Å²) in [7, 11) is 0. The van der Waals surface area contributed by atoms with Gasteiger partial charge in [0, 0.05) is 19.1 Å². The summed E-state index contributed by atoms with van der Waals surface area (Å²) >= 11 is 0. The smallest absolute Gasteiger partial charge is 0.242 e. The van der Waals surface area contributed by atoms with Gasteiger partial charge in [-0.05, 0) is 59.2 Å². The van der Waals surface area contributed by atoms with Crippen LogP contribution in [0.1, 0.15) is 52.9 Å². The Hall–Kier alpha value is -0.610. The first-order valence-corrected chi connectivity index (χ1v) is 8.33. The van der Waals surface area contributed by atoms with Crippen molar-refractivity contribution in [2.45, 2.75) is 64.5 Å². The number of hydrogen-bond donors (Lipinski definition) is 1. The Morgan fingerprint density at radius 2 is 1.70 bits per heavy atom. The van der Waals surface area contributed by atoms with Gasteiger partial charge in [-0.1, -0.05) is 13.3 Å². The van der Waals surface area contributed by atoms with E-state index in [0.717, 1.165) is 32.5 Å². The topological polar surface area (TPSA) is 35.6 Å². The molecule has 2 aliphatic rings. The maximum Gasteiger partial charge on any atom is 0.242 e. The molecular formula is C16H31N3O. The lowest BCUT2D eigenvalue weighted by Crippen LogP contribution is -2.57. The molecule has 0 aromatic heterocycles. The summed E-state index contributed by atoms with van der Waals surface area (Å²) < 4.78 is 0. The molecule has 0 aromatic rings. The molecule has 4 nitrogen and oxygen atoms in total. The molecule has 1 N–H and O–H groups in total. The number of nitrogens with one attached hydrogen (secondary N) is 1. The molecule has 0 atom stereocenters. The fourth-order valence-corrected chi connectivity index (χ4v) is 3.63. The molecule has 2 rings (SSSR count). The van der Waals surface area contributed by atoms with Crippen LogP contribution in [0.25, 0.3) is 0 Å². The fourth-order valence-electron chi connectivity index (χ4n) is 3.63. The molecule has 0 spiro atoms. The summed E-state index contributed by atoms with van der Waals surface area (Å²) in [4.78, 5) is 17.3. The summed E-state index contributed by atoms with van der Waals surface area (Å²) in [5.74, 6) is 0.261. The van der Waals surface area contributed by atoms with E-state index in [0.29, 0.717) is 6.04 Å². The van der Waals surface area contributed by atoms with E-state index < -0.39 is 5.54 Å². The van der Waals surface area contributed by atoms with Gasteiger partial charge in [0.2, 0.25) is 5.91 Å². The summed E-state index contributed by atoms with van der Waals surface area (Å²) in [5.41, 5.74) is -0.424. The third kappa shape index (κ3) is 3.73. The van der Waals surface area contributed by atoms with E-state index in [1.807, 2.05) is 13.8 Å². The summed E-state index contributed by atoms with van der Waals surface area (Å²) in [6.45, 7) is 11.3. The van der Waals surface area contributed by atoms with Crippen molar-refractivity contribution in [1.29, 1.82) is 0 Å². The molecule has 0 radical (unpaired) electrons. The lowest BCUT2D eigenvalue weighted by molar-refractivity contribution is -0.138. The minimum atomic E-state index is -0.424. The molecule has 2 aliphatic heterocycles. The van der Waals surface area contributed by atoms with Crippen LogP contribution in [-0.4, -0.2) is 60.0 Å². The van der Waals surface area contributed by atoms with Gasteiger partial charge in [-0.3, -0.25) is 4.79 Å². The lowest BCUT2D eigenvalue weighted by Gasteiger charge is -2.42. The number of likely N-dealkylation sites (N-methyl/N-ethyl adjacent to an activating group) is 1. The van der Waals surface area contributed by atoms with Crippen molar-refractivity contribution in [3.05, 3.63) is 0 Å². The quantitative estimate of drug-likeness (QED) is 0.854. The summed E-state index contributed by atoms with van der Waals surface area (Å²) in [5, 5.41) is 3.29. The van der Waals surface area contributed by atoms with E-state index in [9.17, 15) is 4.79 Å². The highest BCUT2D eigenvalue weighted by molar-refractivity contribution is 5.85. The Morgan fingerprint density at radius 3 is 2.25 bits per heavy atom. The van der Waals surface area contributed by atoms with E-state index >= 15 is 0 Å². The lowest BCUT2D eigenvalue weighted by atomic mass is 9.97. The van der Waals surface area contributed by atoms with E-state index in [1.54, 1.807) is 0 Å². The molecule has 0 bridgehead atoms. The van der Waals surface area contributed by atoms with Gasteiger partial charge >= 0.3 is 0 Å². The molecule has 2 heterocycles. The number of carbonyl (C=O) groups excluding carboxylic acids is 1. The van der Waals surface area contributed by atoms with Crippen LogP contribution in [0.2, 0.25) is 0 Å². The van der Waals surface area contributed by atoms with Gasteiger partial charge in [0.05, 0.1) is 5.54 Å². The molecule has 2 saturated heterocycles. The van der Waals surface area contributed by atoms with Crippen LogP contribution in [0.15, 0.2) is 0 Å². The average molecular weight is 281 g/mol. The van der Waals surface area contributed by atoms with Gasteiger partial charge in [0.15, 0.2) is 0 Å². The molecule has 1 amide bonds. The average Bonchev–Trinajstić information content (AvgIpc) is 2.47. The van der Waals surface area contributed by atoms with E-state index in [4.69, 9.17) is 0 Å². The Morgan fingerprint density at radius 1 is 1.10 bits per heavy atom. The molecule has 4 heteroatoms. The minimum absolute atomic E-state index is 0.261. The number of nitrogens with zero attached hydrogens (tertiary/aromatic N) is 2. The first kappa shape index (κ1) is 15.8. The van der Waals surface area contributed by atoms with Gasteiger partial charge in [-0.25, -0.2) is 0 Å². The Kier molecular flexibility index (Phi) is 5.44. The second kappa shape index (κ2) is 6.90. The predicted octanol–water partition coefficient (Wildman–Crippen LogP) is 1.85. The number of likely N-dealkylation sites (tertiary alicyclic amines) is 2. The summed E-state index contributed by atoms with van der Waals surface area (Å²) in [6, 6.07) is 0.710. The highest BCUT2D eigenvalue weighted by Crippen LogP contribution is 2.22. The van der Waals surface area contributed by atoms with E-state index in [1.165, 1.54) is 32.4 Å². The van der Waals surface area contributed by atoms with Crippen molar-refractivity contribution in [2.75, 3.05) is 32.7 Å². The Balaban J connectivity index is 1.82. The van der Waals surface area contributed by atoms with Crippen molar-refractivity contribution in [3.8, 4) is 0 Å². The third-order valence-corrected chi connectivity index (χ3v) is 4.81. The van der Waals surface area contributed by atoms with Gasteiger partial charge in [-0.15, -0.1) is 0 Å². The van der Waals surface area contributed by atoms with E-state index in [-0.39, 0.29) is 5.91 Å². The van der Waals surface area contributed by atoms with Crippen LogP contribution in [0.5, 0.6) is 0 Å². The Labute approximate surface area is 123 Å². The van der Waals surface area contributed by atoms with Crippen LogP contribution in [-0.2, 0) is 4.79 Å². The summed E-state index contributed by atoms with van der Waals surface area (Å²) in [6.07, 6.45) is 6.39. The maximum absolute atomic E-state index is 12.5. The van der Waals surface area contributed by atoms with Crippen molar-refractivity contribution < 1.29 is 4.79 Å². The van der Waals surface area contributed by atoms with Crippen molar-refractivity contribution >= 4 is 5.91 Å². The molecule has 0 aliphatic carbocycles. The highest BCUT2D eigenvalue weighted by atomic mass is 16.2. The Bertz CT molecular complexity index is 316. The van der Waals surface area contributed by atoms with Gasteiger partial charge in [-0.2, -0.15) is 0 Å². The standard InChI is InChI=1S/C16H31N3O/c1-4-17-16(2,3)15(20)19-12-8-14(9-13-19)18-10-6-5-7-11-18/h14,17H,4-13H2,1-3H3. The van der Waals surface area contributed by atoms with Crippen molar-refractivity contribution in [2.24, 2.45) is 0 Å². The molecule has 2 fully saturated rings. The predicted molar refractivity (Wildman–Crippen MR) is 82.8 cm³/mol. The monoisotopic (exact) mass is 281 g/mol. The second-order valence-electron chi connectivity index (χ2n) is 6.78. The van der Waals surface area contributed by atoms with Crippen LogP contribution in [0.4, 0.5) is 0 Å². The first-order valence-electron chi connectivity index (χ1n) is 8.33. The van der Waals surface area contributed by atoms with E-state index in [2.05, 4.69) is 22.0 Å². The number of amides is 1. The minimum Gasteiger partial charge on any atom is -0.341 e. The van der Waals surface area contributed by atoms with Gasteiger partial charge < -0.3 is 15.1 Å². The zero-order valence-electron chi connectivity index (χ0n) is 13.5. The van der Waals surface area contributed by atoms with Crippen LogP contribution < -0.4 is 5.32 Å². The normalized spacial score (nSPS) is 23.1. The number of carbonyl (C=O) groups is 1. The molecule has 0 unspecified atom stereocenters. The number of piperidine rings is 2. The zero-order valence-corrected chi connectivity index (χ0v) is 13.5. The van der Waals surface area contributed by atoms with Gasteiger partial charge in [0.25, 0.3) is 0 Å². The first-order chi connectivity index (χ1) is 9.54. The number of rotatable bonds is 4. The molecule has 20 heavy (non-hydrogen) atoms. The van der Waals surface area contributed by atoms with Crippen molar-refractivity contribution in [1.82, 2.24) is 15.1 Å². The maximum atomic E-state index is 12.5. The SMILES string of the molecule is CCNC(C)(C)C(=O)N1CCC(N2CCCCC2)CC1. The fraction of sp³-hybridized carbons (Fsp3) is 0.938. The second-order valence-corrected chi connectivity index (χ2v) is 6.78.